The highest BCUT2D eigenvalue weighted by Crippen LogP contribution is 2.52. The summed E-state index contributed by atoms with van der Waals surface area (Å²) in [5, 5.41) is 11.1. The molecule has 7 heteroatoms. The molecule has 1 amide bonds. The molecule has 2 fully saturated rings. The summed E-state index contributed by atoms with van der Waals surface area (Å²) in [5.74, 6) is -0.417. The second kappa shape index (κ2) is 5.97. The molecule has 2 atom stereocenters. The molecule has 2 unspecified atom stereocenters. The van der Waals surface area contributed by atoms with Gasteiger partial charge in [-0.3, -0.25) is 4.79 Å². The molecule has 1 aliphatic heterocycles. The van der Waals surface area contributed by atoms with Gasteiger partial charge in [0.15, 0.2) is 6.61 Å². The molecule has 0 aromatic carbocycles. The lowest BCUT2D eigenvalue weighted by Gasteiger charge is -2.39. The molecule has 0 spiro atoms. The number of hydrogen-bond donors (Lipinski definition) is 0. The largest absolute Gasteiger partial charge is 0.476 e. The van der Waals surface area contributed by atoms with Crippen LogP contribution in [0, 0.1) is 27.9 Å². The molecular weight excluding hydrogens is 322 g/mol. The summed E-state index contributed by atoms with van der Waals surface area (Å²) in [6.07, 6.45) is 3.11. The minimum atomic E-state index is -0.584. The summed E-state index contributed by atoms with van der Waals surface area (Å²) in [4.78, 5) is 29.0. The Morgan fingerprint density at radius 2 is 2.12 bits per heavy atom. The van der Waals surface area contributed by atoms with Crippen molar-refractivity contribution >= 4 is 11.7 Å². The lowest BCUT2D eigenvalue weighted by molar-refractivity contribution is -0.390. The Bertz CT molecular complexity index is 718. The van der Waals surface area contributed by atoms with Crippen LogP contribution in [0.3, 0.4) is 0 Å². The van der Waals surface area contributed by atoms with Crippen molar-refractivity contribution in [2.24, 2.45) is 10.8 Å². The molecule has 1 saturated heterocycles. The number of hydrogen-bond acceptors (Lipinski definition) is 5. The molecule has 1 aromatic heterocycles. The molecule has 0 radical (unpaired) electrons. The van der Waals surface area contributed by atoms with E-state index in [9.17, 15) is 14.9 Å². The third-order valence-corrected chi connectivity index (χ3v) is 5.24. The predicted molar refractivity (Wildman–Crippen MR) is 92.4 cm³/mol. The Kier molecular flexibility index (Phi) is 4.21. The fourth-order valence-electron chi connectivity index (χ4n) is 4.75. The van der Waals surface area contributed by atoms with Crippen LogP contribution in [0.2, 0.25) is 0 Å². The highest BCUT2D eigenvalue weighted by molar-refractivity contribution is 5.78. The molecular formula is C18H25N3O4. The third-order valence-electron chi connectivity index (χ3n) is 5.24. The van der Waals surface area contributed by atoms with Crippen molar-refractivity contribution in [3.8, 4) is 5.75 Å². The summed E-state index contributed by atoms with van der Waals surface area (Å²) < 4.78 is 5.47. The second-order valence-corrected chi connectivity index (χ2v) is 8.56. The minimum Gasteiger partial charge on any atom is -0.476 e. The van der Waals surface area contributed by atoms with Crippen LogP contribution < -0.4 is 4.74 Å². The fraction of sp³-hybridized carbons (Fsp3) is 0.667. The maximum absolute atomic E-state index is 12.7. The molecule has 2 heterocycles. The van der Waals surface area contributed by atoms with E-state index in [0.29, 0.717) is 5.69 Å². The van der Waals surface area contributed by atoms with Crippen molar-refractivity contribution in [3.63, 3.8) is 0 Å². The number of nitrogens with zero attached hydrogens (tertiary/aromatic N) is 3. The Balaban J connectivity index is 1.69. The molecule has 7 nitrogen and oxygen atoms in total. The van der Waals surface area contributed by atoms with Crippen molar-refractivity contribution < 1.29 is 14.5 Å². The first-order chi connectivity index (χ1) is 11.6. The van der Waals surface area contributed by atoms with E-state index in [-0.39, 0.29) is 41.0 Å². The van der Waals surface area contributed by atoms with Crippen molar-refractivity contribution in [2.45, 2.75) is 53.0 Å². The van der Waals surface area contributed by atoms with Crippen LogP contribution in [0.4, 0.5) is 5.82 Å². The van der Waals surface area contributed by atoms with E-state index < -0.39 is 4.92 Å². The van der Waals surface area contributed by atoms with Gasteiger partial charge in [0.25, 0.3) is 5.91 Å². The molecule has 136 valence electrons. The van der Waals surface area contributed by atoms with Gasteiger partial charge in [-0.05, 0) is 52.1 Å². The first-order valence-corrected chi connectivity index (χ1v) is 8.63. The zero-order valence-electron chi connectivity index (χ0n) is 15.2. The van der Waals surface area contributed by atoms with E-state index in [1.54, 1.807) is 13.0 Å². The number of amides is 1. The van der Waals surface area contributed by atoms with Gasteiger partial charge < -0.3 is 19.8 Å². The van der Waals surface area contributed by atoms with Gasteiger partial charge in [-0.25, -0.2) is 0 Å². The quantitative estimate of drug-likeness (QED) is 0.617. The lowest BCUT2D eigenvalue weighted by Crippen LogP contribution is -2.40. The van der Waals surface area contributed by atoms with Gasteiger partial charge in [0.1, 0.15) is 5.69 Å². The van der Waals surface area contributed by atoms with Crippen molar-refractivity contribution in [3.05, 3.63) is 27.9 Å². The van der Waals surface area contributed by atoms with Gasteiger partial charge in [0, 0.05) is 19.5 Å². The molecule has 1 aromatic rings. The number of fused-ring (bicyclic) bond motifs is 2. The van der Waals surface area contributed by atoms with Gasteiger partial charge in [-0.15, -0.1) is 0 Å². The number of nitro groups is 1. The second-order valence-electron chi connectivity index (χ2n) is 8.56. The SMILES string of the molecule is Cc1ccc(OCC(=O)N2CC3(C)CC2CC(C)(C)C3)c([N+](=O)[O-])n1. The van der Waals surface area contributed by atoms with Crippen LogP contribution in [0.1, 0.15) is 45.7 Å². The standard InChI is InChI=1S/C18H25N3O4/c1-12-5-6-14(16(19-12)21(23)24)25-9-15(22)20-11-18(4)8-13(20)7-17(2,3)10-18/h5-6,13H,7-11H2,1-4H3. The summed E-state index contributed by atoms with van der Waals surface area (Å²) in [6.45, 7) is 8.96. The molecule has 0 N–H and O–H groups in total. The van der Waals surface area contributed by atoms with Crippen LogP contribution >= 0.6 is 0 Å². The highest BCUT2D eigenvalue weighted by atomic mass is 16.6. The predicted octanol–water partition coefficient (Wildman–Crippen LogP) is 3.10. The van der Waals surface area contributed by atoms with Crippen molar-refractivity contribution in [2.75, 3.05) is 13.2 Å². The number of carbonyl (C=O) groups excluding carboxylic acids is 1. The molecule has 3 rings (SSSR count). The Morgan fingerprint density at radius 3 is 2.80 bits per heavy atom. The Labute approximate surface area is 147 Å². The van der Waals surface area contributed by atoms with Crippen molar-refractivity contribution in [1.29, 1.82) is 0 Å². The van der Waals surface area contributed by atoms with Gasteiger partial charge in [0.05, 0.1) is 0 Å². The molecule has 1 aliphatic carbocycles. The zero-order valence-corrected chi connectivity index (χ0v) is 15.2. The maximum Gasteiger partial charge on any atom is 0.406 e. The lowest BCUT2D eigenvalue weighted by atomic mass is 9.65. The number of rotatable bonds is 4. The van der Waals surface area contributed by atoms with Gasteiger partial charge in [0.2, 0.25) is 5.75 Å². The Morgan fingerprint density at radius 1 is 1.40 bits per heavy atom. The number of aromatic nitrogens is 1. The fourth-order valence-corrected chi connectivity index (χ4v) is 4.75. The monoisotopic (exact) mass is 347 g/mol. The first kappa shape index (κ1) is 17.6. The van der Waals surface area contributed by atoms with Crippen LogP contribution in [-0.2, 0) is 4.79 Å². The Hall–Kier alpha value is -2.18. The van der Waals surface area contributed by atoms with Gasteiger partial charge in [-0.2, -0.15) is 0 Å². The number of aryl methyl sites for hydroxylation is 1. The molecule has 1 saturated carbocycles. The number of likely N-dealkylation sites (tertiary alicyclic amines) is 1. The summed E-state index contributed by atoms with van der Waals surface area (Å²) in [6, 6.07) is 3.37. The maximum atomic E-state index is 12.7. The number of ether oxygens (including phenoxy) is 1. The summed E-state index contributed by atoms with van der Waals surface area (Å²) >= 11 is 0. The zero-order chi connectivity index (χ0) is 18.4. The topological polar surface area (TPSA) is 85.6 Å². The minimum absolute atomic E-state index is 0.0395. The van der Waals surface area contributed by atoms with Crippen LogP contribution in [0.5, 0.6) is 5.75 Å². The molecule has 2 aliphatic rings. The summed E-state index contributed by atoms with van der Waals surface area (Å²) in [7, 11) is 0. The van der Waals surface area contributed by atoms with Crippen molar-refractivity contribution in [1.82, 2.24) is 9.88 Å². The van der Waals surface area contributed by atoms with E-state index >= 15 is 0 Å². The third kappa shape index (κ3) is 3.60. The summed E-state index contributed by atoms with van der Waals surface area (Å²) in [5.41, 5.74) is 0.918. The number of carbonyl (C=O) groups is 1. The first-order valence-electron chi connectivity index (χ1n) is 8.63. The van der Waals surface area contributed by atoms with Crippen LogP contribution in [-0.4, -0.2) is 39.9 Å². The van der Waals surface area contributed by atoms with E-state index in [1.807, 2.05) is 4.90 Å². The van der Waals surface area contributed by atoms with E-state index in [2.05, 4.69) is 25.8 Å². The average Bonchev–Trinajstić information content (AvgIpc) is 2.74. The average molecular weight is 347 g/mol. The normalized spacial score (nSPS) is 27.2. The van der Waals surface area contributed by atoms with Gasteiger partial charge >= 0.3 is 5.82 Å². The van der Waals surface area contributed by atoms with E-state index in [1.165, 1.54) is 6.07 Å². The van der Waals surface area contributed by atoms with Crippen LogP contribution in [0.25, 0.3) is 0 Å². The van der Waals surface area contributed by atoms with Crippen LogP contribution in [0.15, 0.2) is 12.1 Å². The highest BCUT2D eigenvalue weighted by Gasteiger charge is 2.50. The van der Waals surface area contributed by atoms with E-state index in [4.69, 9.17) is 4.74 Å². The number of pyridine rings is 1. The smallest absolute Gasteiger partial charge is 0.406 e. The molecule has 2 bridgehead atoms. The molecule has 25 heavy (non-hydrogen) atoms. The van der Waals surface area contributed by atoms with Gasteiger partial charge in [-0.1, -0.05) is 20.8 Å². The van der Waals surface area contributed by atoms with E-state index in [0.717, 1.165) is 25.8 Å².